The number of aryl methyl sites for hydroxylation is 1. The monoisotopic (exact) mass is 750 g/mol. The van der Waals surface area contributed by atoms with Crippen LogP contribution in [0, 0.1) is 18.6 Å². The average molecular weight is 751 g/mol. The van der Waals surface area contributed by atoms with E-state index in [9.17, 15) is 9.18 Å². The van der Waals surface area contributed by atoms with Crippen LogP contribution < -0.4 is 15.0 Å². The first-order valence-electron chi connectivity index (χ1n) is 18.2. The smallest absolute Gasteiger partial charge is 0.245 e. The normalized spacial score (nSPS) is 20.8. The van der Waals surface area contributed by atoms with Crippen molar-refractivity contribution in [1.82, 2.24) is 39.2 Å². The van der Waals surface area contributed by atoms with E-state index in [4.69, 9.17) is 24.2 Å². The number of fused-ring (bicyclic) bond motifs is 6. The standard InChI is InChI=1S/C39H40F2N10O4/c1-22-45-30-13-24(41)12-27-29-6-5-7-34(47-29)46-25-15-32(38(52)48(2)18-26(54-4)19-49(22)35(27)30)50(17-25)36-28-16-44-51(37(28)43-21-42-36)31-9-8-23(40)14-33(31)55-39(10-11-39)20-53-3/h5-9,12-14,16,21,25-26,32H,10-11,15,17-20H2,1-4H3,(H,46,47)/t25-,26-,32-/m0/s1. The molecule has 16 heteroatoms. The van der Waals surface area contributed by atoms with Gasteiger partial charge in [-0.05, 0) is 56.5 Å². The van der Waals surface area contributed by atoms with Gasteiger partial charge in [0, 0.05) is 58.1 Å². The number of rotatable bonds is 7. The van der Waals surface area contributed by atoms with Crippen LogP contribution in [0.15, 0.2) is 61.1 Å². The van der Waals surface area contributed by atoms with E-state index in [1.165, 1.54) is 30.6 Å². The van der Waals surface area contributed by atoms with Crippen LogP contribution in [0.5, 0.6) is 5.75 Å². The second-order valence-corrected chi connectivity index (χ2v) is 14.6. The Morgan fingerprint density at radius 1 is 1.00 bits per heavy atom. The molecule has 1 saturated carbocycles. The number of aromatic nitrogens is 7. The van der Waals surface area contributed by atoms with E-state index in [0.717, 1.165) is 18.4 Å². The van der Waals surface area contributed by atoms with Gasteiger partial charge in [0.05, 0.1) is 47.6 Å². The Hall–Kier alpha value is -5.74. The van der Waals surface area contributed by atoms with Crippen molar-refractivity contribution in [3.8, 4) is 22.7 Å². The first-order valence-corrected chi connectivity index (χ1v) is 18.2. The summed E-state index contributed by atoms with van der Waals surface area (Å²) in [5, 5.41) is 8.85. The van der Waals surface area contributed by atoms with Crippen LogP contribution in [0.2, 0.25) is 0 Å². The number of ether oxygens (including phenoxy) is 3. The molecule has 3 aliphatic rings. The number of nitrogens with one attached hydrogen (secondary N) is 1. The van der Waals surface area contributed by atoms with Crippen LogP contribution in [-0.2, 0) is 20.8 Å². The predicted octanol–water partition coefficient (Wildman–Crippen LogP) is 4.92. The summed E-state index contributed by atoms with van der Waals surface area (Å²) in [5.41, 5.74) is 2.93. The van der Waals surface area contributed by atoms with Crippen molar-refractivity contribution in [2.24, 2.45) is 0 Å². The van der Waals surface area contributed by atoms with Gasteiger partial charge in [0.2, 0.25) is 5.91 Å². The zero-order chi connectivity index (χ0) is 38.0. The highest BCUT2D eigenvalue weighted by Crippen LogP contribution is 2.43. The van der Waals surface area contributed by atoms with Gasteiger partial charge in [-0.25, -0.2) is 33.4 Å². The van der Waals surface area contributed by atoms with Gasteiger partial charge < -0.3 is 33.9 Å². The van der Waals surface area contributed by atoms with Crippen molar-refractivity contribution in [2.75, 3.05) is 51.2 Å². The van der Waals surface area contributed by atoms with Gasteiger partial charge in [-0.15, -0.1) is 0 Å². The number of nitrogens with zero attached hydrogens (tertiary/aromatic N) is 9. The molecule has 4 aromatic heterocycles. The zero-order valence-electron chi connectivity index (χ0n) is 30.9. The summed E-state index contributed by atoms with van der Waals surface area (Å²) in [6.45, 7) is 3.32. The minimum absolute atomic E-state index is 0.112. The summed E-state index contributed by atoms with van der Waals surface area (Å²) in [7, 11) is 5.01. The van der Waals surface area contributed by atoms with E-state index in [1.807, 2.05) is 34.6 Å². The molecule has 3 atom stereocenters. The van der Waals surface area contributed by atoms with Crippen LogP contribution in [0.25, 0.3) is 39.0 Å². The third-order valence-corrected chi connectivity index (χ3v) is 10.8. The van der Waals surface area contributed by atoms with Crippen molar-refractivity contribution in [2.45, 2.75) is 56.5 Å². The SMILES string of the molecule is COCC1(Oc2cc(F)ccc2-n2ncc3c(N4C[C@@H]5C[C@H]4C(=O)N(C)C[C@H](OC)Cn4c(C)nc6cc(F)cc(c64)-c4cccc(n4)N5)ncnc32)CC1. The number of carbonyl (C=O) groups is 1. The quantitative estimate of drug-likeness (QED) is 0.238. The molecule has 1 saturated heterocycles. The Morgan fingerprint density at radius 3 is 2.65 bits per heavy atom. The molecule has 55 heavy (non-hydrogen) atoms. The maximum Gasteiger partial charge on any atom is 0.245 e. The molecule has 2 fully saturated rings. The van der Waals surface area contributed by atoms with E-state index >= 15 is 4.39 Å². The molecule has 284 valence electrons. The molecule has 2 aliphatic heterocycles. The molecule has 6 aromatic rings. The summed E-state index contributed by atoms with van der Waals surface area (Å²) in [4.78, 5) is 37.1. The maximum atomic E-state index is 15.0. The first kappa shape index (κ1) is 35.0. The minimum atomic E-state index is -0.615. The van der Waals surface area contributed by atoms with Gasteiger partial charge >= 0.3 is 0 Å². The molecular weight excluding hydrogens is 710 g/mol. The minimum Gasteiger partial charge on any atom is -0.482 e. The fourth-order valence-electron chi connectivity index (χ4n) is 8.01. The summed E-state index contributed by atoms with van der Waals surface area (Å²) in [6, 6.07) is 12.0. The molecule has 1 amide bonds. The van der Waals surface area contributed by atoms with Gasteiger partial charge in [0.1, 0.15) is 58.5 Å². The average Bonchev–Trinajstić information content (AvgIpc) is 3.45. The number of pyridine rings is 1. The van der Waals surface area contributed by atoms with E-state index in [2.05, 4.69) is 20.4 Å². The molecular formula is C39H40F2N10O4. The Kier molecular flexibility index (Phi) is 8.61. The van der Waals surface area contributed by atoms with Crippen molar-refractivity contribution in [3.05, 3.63) is 78.5 Å². The number of hydrogen-bond acceptors (Lipinski definition) is 11. The van der Waals surface area contributed by atoms with Crippen LogP contribution in [0.1, 0.15) is 25.1 Å². The van der Waals surface area contributed by atoms with E-state index in [1.54, 1.807) is 43.1 Å². The topological polar surface area (TPSA) is 138 Å². The van der Waals surface area contributed by atoms with Crippen molar-refractivity contribution in [3.63, 3.8) is 0 Å². The van der Waals surface area contributed by atoms with Crippen molar-refractivity contribution in [1.29, 1.82) is 0 Å². The van der Waals surface area contributed by atoms with Gasteiger partial charge in [0.15, 0.2) is 5.65 Å². The van der Waals surface area contributed by atoms with Crippen molar-refractivity contribution >= 4 is 39.6 Å². The Labute approximate surface area is 315 Å². The molecule has 0 radical (unpaired) electrons. The summed E-state index contributed by atoms with van der Waals surface area (Å²) in [5.74, 6) is 1.17. The highest BCUT2D eigenvalue weighted by atomic mass is 19.1. The number of benzene rings is 2. The Bertz CT molecular complexity index is 2450. The summed E-state index contributed by atoms with van der Waals surface area (Å²) in [6.07, 6.45) is 4.72. The predicted molar refractivity (Wildman–Crippen MR) is 200 cm³/mol. The molecule has 9 rings (SSSR count). The van der Waals surface area contributed by atoms with Crippen LogP contribution in [0.4, 0.5) is 20.4 Å². The van der Waals surface area contributed by atoms with Gasteiger partial charge in [0.25, 0.3) is 0 Å². The first-order chi connectivity index (χ1) is 26.6. The lowest BCUT2D eigenvalue weighted by Crippen LogP contribution is -2.47. The molecule has 4 bridgehead atoms. The second-order valence-electron chi connectivity index (χ2n) is 14.6. The van der Waals surface area contributed by atoms with Crippen LogP contribution in [0.3, 0.4) is 0 Å². The number of likely N-dealkylation sites (N-methyl/N-ethyl adjacent to an activating group) is 1. The highest BCUT2D eigenvalue weighted by molar-refractivity contribution is 5.94. The zero-order valence-corrected chi connectivity index (χ0v) is 30.9. The van der Waals surface area contributed by atoms with Gasteiger partial charge in [-0.3, -0.25) is 4.79 Å². The summed E-state index contributed by atoms with van der Waals surface area (Å²) >= 11 is 0. The third-order valence-electron chi connectivity index (χ3n) is 10.8. The van der Waals surface area contributed by atoms with Crippen molar-refractivity contribution < 1.29 is 27.8 Å². The number of methoxy groups -OCH3 is 2. The van der Waals surface area contributed by atoms with Gasteiger partial charge in [-0.1, -0.05) is 6.07 Å². The number of hydrogen-bond donors (Lipinski definition) is 1. The molecule has 0 unspecified atom stereocenters. The third kappa shape index (κ3) is 6.28. The number of halogens is 2. The fraction of sp³-hybridized carbons (Fsp3) is 0.385. The fourth-order valence-corrected chi connectivity index (χ4v) is 8.01. The van der Waals surface area contributed by atoms with Crippen LogP contribution in [-0.4, -0.2) is 110 Å². The lowest BCUT2D eigenvalue weighted by Gasteiger charge is -2.30. The lowest BCUT2D eigenvalue weighted by atomic mass is 10.1. The number of amides is 1. The molecule has 6 heterocycles. The molecule has 0 spiro atoms. The van der Waals surface area contributed by atoms with E-state index in [0.29, 0.717) is 82.8 Å². The van der Waals surface area contributed by atoms with Gasteiger partial charge in [-0.2, -0.15) is 5.10 Å². The number of imidazole rings is 1. The van der Waals surface area contributed by atoms with Crippen LogP contribution >= 0.6 is 0 Å². The second kappa shape index (κ2) is 13.5. The highest BCUT2D eigenvalue weighted by Gasteiger charge is 2.46. The van der Waals surface area contributed by atoms with E-state index < -0.39 is 29.4 Å². The molecule has 14 nitrogen and oxygen atoms in total. The number of carbonyl (C=O) groups excluding carboxylic acids is 1. The molecule has 2 aromatic carbocycles. The lowest BCUT2D eigenvalue weighted by molar-refractivity contribution is -0.132. The Balaban J connectivity index is 1.11. The summed E-state index contributed by atoms with van der Waals surface area (Å²) < 4.78 is 50.9. The number of anilines is 2. The Morgan fingerprint density at radius 2 is 1.85 bits per heavy atom. The molecule has 1 aliphatic carbocycles. The maximum absolute atomic E-state index is 15.0. The van der Waals surface area contributed by atoms with E-state index in [-0.39, 0.29) is 18.5 Å². The molecule has 1 N–H and O–H groups in total. The largest absolute Gasteiger partial charge is 0.482 e.